The Morgan fingerprint density at radius 1 is 1.43 bits per heavy atom. The van der Waals surface area contributed by atoms with E-state index in [2.05, 4.69) is 5.32 Å². The van der Waals surface area contributed by atoms with Gasteiger partial charge in [0.05, 0.1) is 4.90 Å². The van der Waals surface area contributed by atoms with Crippen LogP contribution in [0.4, 0.5) is 4.39 Å². The van der Waals surface area contributed by atoms with Crippen LogP contribution in [0, 0.1) is 12.7 Å². The van der Waals surface area contributed by atoms with Crippen LogP contribution < -0.4 is 5.32 Å². The monoisotopic (exact) mass is 314 g/mol. The minimum atomic E-state index is -3.69. The molecule has 0 amide bonds. The number of nitrogens with one attached hydrogen (secondary N) is 1. The lowest BCUT2D eigenvalue weighted by molar-refractivity contribution is 0.322. The van der Waals surface area contributed by atoms with E-state index in [0.717, 1.165) is 25.5 Å². The molecule has 2 rings (SSSR count). The molecule has 1 N–H and O–H groups in total. The van der Waals surface area contributed by atoms with E-state index in [1.165, 1.54) is 16.4 Å². The molecule has 1 aromatic rings. The van der Waals surface area contributed by atoms with Crippen LogP contribution in [-0.4, -0.2) is 37.9 Å². The highest BCUT2D eigenvalue weighted by molar-refractivity contribution is 7.89. The highest BCUT2D eigenvalue weighted by Crippen LogP contribution is 2.24. The summed E-state index contributed by atoms with van der Waals surface area (Å²) in [7, 11) is -3.69. The van der Waals surface area contributed by atoms with Crippen molar-refractivity contribution in [1.29, 1.82) is 0 Å². The van der Waals surface area contributed by atoms with Crippen molar-refractivity contribution in [3.05, 3.63) is 29.6 Å². The molecule has 0 aromatic heterocycles. The molecule has 21 heavy (non-hydrogen) atoms. The van der Waals surface area contributed by atoms with Gasteiger partial charge in [-0.3, -0.25) is 0 Å². The molecule has 0 saturated carbocycles. The van der Waals surface area contributed by atoms with E-state index < -0.39 is 15.8 Å². The van der Waals surface area contributed by atoms with Crippen molar-refractivity contribution in [1.82, 2.24) is 9.62 Å². The average molecular weight is 314 g/mol. The second kappa shape index (κ2) is 6.42. The Labute approximate surface area is 126 Å². The van der Waals surface area contributed by atoms with Crippen molar-refractivity contribution in [2.45, 2.75) is 50.6 Å². The normalized spacial score (nSPS) is 19.6. The third-order valence-corrected chi connectivity index (χ3v) is 6.06. The summed E-state index contributed by atoms with van der Waals surface area (Å²) in [6, 6.07) is 3.92. The number of sulfonamides is 1. The van der Waals surface area contributed by atoms with Crippen LogP contribution in [0.15, 0.2) is 23.1 Å². The van der Waals surface area contributed by atoms with Gasteiger partial charge in [0.15, 0.2) is 0 Å². The van der Waals surface area contributed by atoms with Gasteiger partial charge in [-0.15, -0.1) is 0 Å². The van der Waals surface area contributed by atoms with E-state index in [9.17, 15) is 12.8 Å². The minimum absolute atomic E-state index is 0.0641. The van der Waals surface area contributed by atoms with Gasteiger partial charge in [-0.2, -0.15) is 4.31 Å². The fourth-order valence-corrected chi connectivity index (χ4v) is 4.61. The molecule has 1 saturated heterocycles. The molecule has 1 fully saturated rings. The minimum Gasteiger partial charge on any atom is -0.313 e. The van der Waals surface area contributed by atoms with E-state index in [1.54, 1.807) is 6.92 Å². The molecule has 6 heteroatoms. The number of aryl methyl sites for hydroxylation is 1. The molecule has 1 aliphatic heterocycles. The molecule has 0 spiro atoms. The molecule has 0 radical (unpaired) electrons. The molecule has 118 valence electrons. The second-order valence-electron chi connectivity index (χ2n) is 5.87. The van der Waals surface area contributed by atoms with Crippen molar-refractivity contribution < 1.29 is 12.8 Å². The third kappa shape index (κ3) is 3.62. The van der Waals surface area contributed by atoms with Gasteiger partial charge >= 0.3 is 0 Å². The van der Waals surface area contributed by atoms with Gasteiger partial charge in [0.25, 0.3) is 0 Å². The zero-order valence-corrected chi connectivity index (χ0v) is 13.6. The number of nitrogens with zero attached hydrogens (tertiary/aromatic N) is 1. The molecular formula is C15H23FN2O2S. The first-order chi connectivity index (χ1) is 9.82. The van der Waals surface area contributed by atoms with Crippen molar-refractivity contribution in [3.8, 4) is 0 Å². The molecule has 0 bridgehead atoms. The van der Waals surface area contributed by atoms with Crippen molar-refractivity contribution >= 4 is 10.0 Å². The molecule has 1 unspecified atom stereocenters. The van der Waals surface area contributed by atoms with E-state index in [0.29, 0.717) is 12.1 Å². The molecule has 0 aliphatic carbocycles. The lowest BCUT2D eigenvalue weighted by Gasteiger charge is -2.29. The Balaban J connectivity index is 2.34. The van der Waals surface area contributed by atoms with Crippen LogP contribution >= 0.6 is 0 Å². The van der Waals surface area contributed by atoms with Crippen LogP contribution in [0.25, 0.3) is 0 Å². The topological polar surface area (TPSA) is 49.4 Å². The summed E-state index contributed by atoms with van der Waals surface area (Å²) in [5, 5.41) is 3.31. The van der Waals surface area contributed by atoms with Crippen molar-refractivity contribution in [2.75, 3.05) is 13.1 Å². The fraction of sp³-hybridized carbons (Fsp3) is 0.600. The van der Waals surface area contributed by atoms with Crippen LogP contribution in [-0.2, 0) is 10.0 Å². The Bertz CT molecular complexity index is 596. The molecule has 1 heterocycles. The standard InChI is InChI=1S/C15H23FN2O2S/c1-11(2)18(10-14-5-4-8-17-14)21(19,20)15-9-13(16)7-6-12(15)3/h6-7,9,11,14,17H,4-5,8,10H2,1-3H3. The summed E-state index contributed by atoms with van der Waals surface area (Å²) >= 11 is 0. The van der Waals surface area contributed by atoms with Crippen molar-refractivity contribution in [2.24, 2.45) is 0 Å². The van der Waals surface area contributed by atoms with Gasteiger partial charge in [-0.05, 0) is 57.9 Å². The third-order valence-electron chi connectivity index (χ3n) is 3.88. The van der Waals surface area contributed by atoms with Crippen LogP contribution in [0.2, 0.25) is 0 Å². The van der Waals surface area contributed by atoms with E-state index >= 15 is 0 Å². The van der Waals surface area contributed by atoms with Gasteiger partial charge < -0.3 is 5.32 Å². The smallest absolute Gasteiger partial charge is 0.243 e. The Morgan fingerprint density at radius 3 is 2.71 bits per heavy atom. The summed E-state index contributed by atoms with van der Waals surface area (Å²) in [5.74, 6) is -0.526. The Morgan fingerprint density at radius 2 is 2.14 bits per heavy atom. The first kappa shape index (κ1) is 16.4. The maximum absolute atomic E-state index is 13.5. The number of benzene rings is 1. The summed E-state index contributed by atoms with van der Waals surface area (Å²) < 4.78 is 40.7. The Kier molecular flexibility index (Phi) is 5.01. The quantitative estimate of drug-likeness (QED) is 0.907. The number of halogens is 1. The highest BCUT2D eigenvalue weighted by Gasteiger charge is 2.31. The zero-order chi connectivity index (χ0) is 15.6. The predicted octanol–water partition coefficient (Wildman–Crippen LogP) is 2.29. The molecule has 4 nitrogen and oxygen atoms in total. The zero-order valence-electron chi connectivity index (χ0n) is 12.8. The van der Waals surface area contributed by atoms with E-state index in [1.807, 2.05) is 13.8 Å². The summed E-state index contributed by atoms with van der Waals surface area (Å²) in [5.41, 5.74) is 0.571. The predicted molar refractivity (Wildman–Crippen MR) is 81.2 cm³/mol. The SMILES string of the molecule is Cc1ccc(F)cc1S(=O)(=O)N(CC1CCCN1)C(C)C. The van der Waals surface area contributed by atoms with Gasteiger partial charge in [0, 0.05) is 18.6 Å². The summed E-state index contributed by atoms with van der Waals surface area (Å²) in [6.45, 7) is 6.74. The first-order valence-corrected chi connectivity index (χ1v) is 8.77. The number of hydrogen-bond acceptors (Lipinski definition) is 3. The highest BCUT2D eigenvalue weighted by atomic mass is 32.2. The largest absolute Gasteiger partial charge is 0.313 e. The Hall–Kier alpha value is -0.980. The van der Waals surface area contributed by atoms with Crippen LogP contribution in [0.1, 0.15) is 32.3 Å². The lowest BCUT2D eigenvalue weighted by Crippen LogP contribution is -2.44. The first-order valence-electron chi connectivity index (χ1n) is 7.33. The van der Waals surface area contributed by atoms with Crippen LogP contribution in [0.5, 0.6) is 0 Å². The molecule has 1 aromatic carbocycles. The van der Waals surface area contributed by atoms with E-state index in [-0.39, 0.29) is 17.0 Å². The fourth-order valence-electron chi connectivity index (χ4n) is 2.69. The van der Waals surface area contributed by atoms with E-state index in [4.69, 9.17) is 0 Å². The number of rotatable bonds is 5. The maximum Gasteiger partial charge on any atom is 0.243 e. The molecule has 1 atom stereocenters. The summed E-state index contributed by atoms with van der Waals surface area (Å²) in [6.07, 6.45) is 2.04. The van der Waals surface area contributed by atoms with Gasteiger partial charge in [0.2, 0.25) is 10.0 Å². The number of hydrogen-bond donors (Lipinski definition) is 1. The van der Waals surface area contributed by atoms with Gasteiger partial charge in [-0.1, -0.05) is 6.07 Å². The summed E-state index contributed by atoms with van der Waals surface area (Å²) in [4.78, 5) is 0.0641. The van der Waals surface area contributed by atoms with Crippen LogP contribution in [0.3, 0.4) is 0 Å². The van der Waals surface area contributed by atoms with Gasteiger partial charge in [-0.25, -0.2) is 12.8 Å². The average Bonchev–Trinajstić information content (AvgIpc) is 2.91. The van der Waals surface area contributed by atoms with Crippen molar-refractivity contribution in [3.63, 3.8) is 0 Å². The molecular weight excluding hydrogens is 291 g/mol. The second-order valence-corrected chi connectivity index (χ2v) is 7.73. The van der Waals surface area contributed by atoms with Gasteiger partial charge in [0.1, 0.15) is 5.82 Å². The molecule has 1 aliphatic rings. The maximum atomic E-state index is 13.5. The lowest BCUT2D eigenvalue weighted by atomic mass is 10.2.